The van der Waals surface area contributed by atoms with Crippen LogP contribution >= 0.6 is 17.0 Å². The molecule has 0 fully saturated rings. The van der Waals surface area contributed by atoms with E-state index in [1.54, 1.807) is 0 Å². The SMILES string of the molecule is Br.[Ag].[BiH3].[CsH]. The Morgan fingerprint density at radius 1 is 1.00 bits per heavy atom. The van der Waals surface area contributed by atoms with E-state index in [0.717, 1.165) is 0 Å². The maximum atomic E-state index is 0. The molecule has 0 heterocycles. The number of hydrogen-bond donors (Lipinski definition) is 0. The van der Waals surface area contributed by atoms with E-state index >= 15 is 0 Å². The molecule has 0 N–H and O–H groups in total. The van der Waals surface area contributed by atoms with Crippen LogP contribution in [0.4, 0.5) is 0 Å². The summed E-state index contributed by atoms with van der Waals surface area (Å²) >= 11 is 0. The molecule has 0 bridgehead atoms. The zero-order valence-corrected chi connectivity index (χ0v) is 10.1. The Hall–Kier alpha value is 4.16. The van der Waals surface area contributed by atoms with Crippen LogP contribution in [0.1, 0.15) is 0 Å². The van der Waals surface area contributed by atoms with Gasteiger partial charge in [0.15, 0.2) is 0 Å². The predicted octanol–water partition coefficient (Wildman–Crippen LogP) is -1.26. The molecule has 0 aliphatic carbocycles. The van der Waals surface area contributed by atoms with Crippen molar-refractivity contribution in [2.45, 2.75) is 0 Å². The van der Waals surface area contributed by atoms with Gasteiger partial charge in [0, 0.05) is 22.4 Å². The zero-order valence-electron chi connectivity index (χ0n) is 1.42. The molecular weight excluding hydrogens is 530 g/mol. The average molecular weight is 535 g/mol. The topological polar surface area (TPSA) is 0 Å². The second kappa shape index (κ2) is 15.7. The normalized spacial score (nSPS) is 0. The van der Waals surface area contributed by atoms with Crippen LogP contribution in [0.25, 0.3) is 0 Å². The molecule has 29 valence electrons. The molecule has 0 saturated carbocycles. The van der Waals surface area contributed by atoms with Crippen LogP contribution in [0.2, 0.25) is 0 Å². The average Bonchev–Trinajstić information content (AvgIpc) is 0. The van der Waals surface area contributed by atoms with E-state index in [-0.39, 0.29) is 134 Å². The summed E-state index contributed by atoms with van der Waals surface area (Å²) in [5.41, 5.74) is 0. The van der Waals surface area contributed by atoms with Crippen LogP contribution < -0.4 is 0 Å². The third-order valence-corrected chi connectivity index (χ3v) is 0. The Balaban J connectivity index is 0. The summed E-state index contributed by atoms with van der Waals surface area (Å²) in [7, 11) is 0. The van der Waals surface area contributed by atoms with Gasteiger partial charge in [0.25, 0.3) is 0 Å². The van der Waals surface area contributed by atoms with Gasteiger partial charge in [0.05, 0.1) is 0 Å². The molecule has 0 aromatic carbocycles. The van der Waals surface area contributed by atoms with Gasteiger partial charge in [-0.25, -0.2) is 0 Å². The monoisotopic (exact) mass is 533 g/mol. The first-order valence-corrected chi connectivity index (χ1v) is 0. The van der Waals surface area contributed by atoms with E-state index in [9.17, 15) is 0 Å². The van der Waals surface area contributed by atoms with Crippen molar-refractivity contribution in [1.82, 2.24) is 0 Å². The van der Waals surface area contributed by atoms with Crippen molar-refractivity contribution < 1.29 is 22.4 Å². The molecule has 0 aliphatic rings. The van der Waals surface area contributed by atoms with Gasteiger partial charge in [-0.2, -0.15) is 0 Å². The van der Waals surface area contributed by atoms with Crippen LogP contribution in [0.15, 0.2) is 0 Å². The third-order valence-electron chi connectivity index (χ3n) is 0. The molecule has 1 radical (unpaired) electrons. The second-order valence-corrected chi connectivity index (χ2v) is 0. The molecule has 0 aromatic heterocycles. The molecule has 4 heteroatoms. The Bertz CT molecular complexity index is 8.00. The maximum absolute atomic E-state index is 0. The summed E-state index contributed by atoms with van der Waals surface area (Å²) in [6.07, 6.45) is 0. The van der Waals surface area contributed by atoms with Gasteiger partial charge < -0.3 is 0 Å². The Morgan fingerprint density at radius 3 is 1.00 bits per heavy atom. The molecule has 0 rings (SSSR count). The van der Waals surface area contributed by atoms with Gasteiger partial charge in [0.2, 0.25) is 0 Å². The molecule has 0 atom stereocenters. The van der Waals surface area contributed by atoms with Crippen molar-refractivity contribution in [3.8, 4) is 0 Å². The Labute approximate surface area is 130 Å². The molecule has 0 aliphatic heterocycles. The summed E-state index contributed by atoms with van der Waals surface area (Å²) < 4.78 is 0. The Kier molecular flexibility index (Phi) is 94.9. The fraction of sp³-hybridized carbons (Fsp3) is 0. The zero-order chi connectivity index (χ0) is 0. The van der Waals surface area contributed by atoms with Crippen molar-refractivity contribution in [3.05, 3.63) is 0 Å². The summed E-state index contributed by atoms with van der Waals surface area (Å²) in [6, 6.07) is 0. The molecule has 0 saturated heterocycles. The predicted molar refractivity (Wildman–Crippen MR) is 27.4 cm³/mol. The van der Waals surface area contributed by atoms with Gasteiger partial charge >= 0.3 is 95.1 Å². The first-order chi connectivity index (χ1) is 0. The van der Waals surface area contributed by atoms with E-state index < -0.39 is 0 Å². The standard InChI is InChI=1S/Ag.Bi.BrH.Cs.4H/h;;1H;;;;;. The van der Waals surface area contributed by atoms with E-state index in [2.05, 4.69) is 0 Å². The van der Waals surface area contributed by atoms with Crippen LogP contribution in [0, 0.1) is 0 Å². The quantitative estimate of drug-likeness (QED) is 0.341. The van der Waals surface area contributed by atoms with Gasteiger partial charge in [-0.05, 0) is 0 Å². The van der Waals surface area contributed by atoms with Crippen LogP contribution in [-0.4, -0.2) is 95.1 Å². The molecule has 0 aromatic rings. The van der Waals surface area contributed by atoms with Gasteiger partial charge in [-0.15, -0.1) is 17.0 Å². The molecule has 0 nitrogen and oxygen atoms in total. The molecule has 0 unspecified atom stereocenters. The van der Waals surface area contributed by atoms with Crippen molar-refractivity contribution in [3.63, 3.8) is 0 Å². The van der Waals surface area contributed by atoms with E-state index in [1.807, 2.05) is 0 Å². The number of halogens is 1. The summed E-state index contributed by atoms with van der Waals surface area (Å²) in [4.78, 5) is 0. The van der Waals surface area contributed by atoms with Crippen molar-refractivity contribution in [2.75, 3.05) is 0 Å². The van der Waals surface area contributed by atoms with E-state index in [1.165, 1.54) is 0 Å². The molecule has 0 amide bonds. The van der Waals surface area contributed by atoms with Crippen molar-refractivity contribution >= 4 is 112 Å². The van der Waals surface area contributed by atoms with Crippen LogP contribution in [0.3, 0.4) is 0 Å². The number of rotatable bonds is 0. The fourth-order valence-electron chi connectivity index (χ4n) is 0. The second-order valence-electron chi connectivity index (χ2n) is 0. The first kappa shape index (κ1) is 24.2. The van der Waals surface area contributed by atoms with Gasteiger partial charge in [0.1, 0.15) is 0 Å². The van der Waals surface area contributed by atoms with Crippen molar-refractivity contribution in [2.24, 2.45) is 0 Å². The summed E-state index contributed by atoms with van der Waals surface area (Å²) in [5.74, 6) is 0. The summed E-state index contributed by atoms with van der Waals surface area (Å²) in [5, 5.41) is 0. The first-order valence-electron chi connectivity index (χ1n) is 0. The van der Waals surface area contributed by atoms with Crippen molar-refractivity contribution in [1.29, 1.82) is 0 Å². The molecule has 4 heavy (non-hydrogen) atoms. The van der Waals surface area contributed by atoms with Crippen LogP contribution in [-0.2, 0) is 22.4 Å². The summed E-state index contributed by atoms with van der Waals surface area (Å²) in [6.45, 7) is 0. The minimum atomic E-state index is 0. The minimum absolute atomic E-state index is 0. The number of hydrogen-bond acceptors (Lipinski definition) is 0. The van der Waals surface area contributed by atoms with E-state index in [0.29, 0.717) is 0 Å². The third kappa shape index (κ3) is 9.47. The molecule has 0 spiro atoms. The fourth-order valence-corrected chi connectivity index (χ4v) is 0. The Morgan fingerprint density at radius 2 is 1.00 bits per heavy atom. The van der Waals surface area contributed by atoms with Gasteiger partial charge in [-0.3, -0.25) is 0 Å². The van der Waals surface area contributed by atoms with Crippen LogP contribution in [0.5, 0.6) is 0 Å². The van der Waals surface area contributed by atoms with Gasteiger partial charge in [-0.1, -0.05) is 0 Å². The van der Waals surface area contributed by atoms with E-state index in [4.69, 9.17) is 0 Å². The molecular formula is H5AgBiBrCs.